The first-order valence-electron chi connectivity index (χ1n) is 8.62. The molecule has 1 saturated carbocycles. The van der Waals surface area contributed by atoms with Gasteiger partial charge in [0.1, 0.15) is 11.9 Å². The molecule has 3 aromatic rings. The third-order valence-corrected chi connectivity index (χ3v) is 5.48. The minimum absolute atomic E-state index is 0.128. The number of thiophene rings is 1. The Bertz CT molecular complexity index is 917. The number of carbonyl (C=O) groups excluding carboxylic acids is 1. The van der Waals surface area contributed by atoms with E-state index in [9.17, 15) is 4.79 Å². The second-order valence-electron chi connectivity index (χ2n) is 6.63. The fourth-order valence-electron chi connectivity index (χ4n) is 3.34. The van der Waals surface area contributed by atoms with Crippen LogP contribution in [0.25, 0.3) is 17.0 Å². The van der Waals surface area contributed by atoms with Crippen molar-refractivity contribution in [2.24, 2.45) is 0 Å². The lowest BCUT2D eigenvalue weighted by molar-refractivity contribution is -0.122. The number of carbonyl (C=O) groups is 1. The van der Waals surface area contributed by atoms with E-state index in [0.29, 0.717) is 11.7 Å². The van der Waals surface area contributed by atoms with E-state index in [0.717, 1.165) is 49.4 Å². The lowest BCUT2D eigenvalue weighted by Gasteiger charge is -2.24. The molecule has 0 radical (unpaired) electrons. The molecule has 0 spiro atoms. The van der Waals surface area contributed by atoms with E-state index in [1.807, 2.05) is 29.0 Å². The highest BCUT2D eigenvalue weighted by Crippen LogP contribution is 2.27. The molecule has 4 heterocycles. The lowest BCUT2D eigenvalue weighted by atomic mass is 10.2. The van der Waals surface area contributed by atoms with Crippen LogP contribution in [0.15, 0.2) is 29.0 Å². The number of amides is 1. The molecule has 5 rings (SSSR count). The number of anilines is 1. The Morgan fingerprint density at radius 2 is 2.12 bits per heavy atom. The molecule has 7 nitrogen and oxygen atoms in total. The van der Waals surface area contributed by atoms with Gasteiger partial charge in [0.25, 0.3) is 0 Å². The van der Waals surface area contributed by atoms with Gasteiger partial charge in [-0.3, -0.25) is 4.79 Å². The normalized spacial score (nSPS) is 20.3. The maximum atomic E-state index is 12.5. The summed E-state index contributed by atoms with van der Waals surface area (Å²) in [5.74, 6) is 1.66. The number of aromatic nitrogens is 4. The monoisotopic (exact) mass is 354 g/mol. The van der Waals surface area contributed by atoms with Gasteiger partial charge in [0.05, 0.1) is 0 Å². The van der Waals surface area contributed by atoms with Crippen LogP contribution >= 0.6 is 11.3 Å². The van der Waals surface area contributed by atoms with Gasteiger partial charge in [-0.15, -0.1) is 15.3 Å². The van der Waals surface area contributed by atoms with Gasteiger partial charge in [0, 0.05) is 23.5 Å². The standard InChI is InChI=1S/C17H18N6OS/c24-17(18-12-3-4-12)13-2-1-8-22(13)15-6-5-14-19-20-16(23(14)21-15)11-7-9-25-10-11/h5-7,9-10,12-13H,1-4,8H2,(H,18,24). The summed E-state index contributed by atoms with van der Waals surface area (Å²) in [5, 5.41) is 20.4. The van der Waals surface area contributed by atoms with Crippen molar-refractivity contribution >= 4 is 28.7 Å². The number of hydrogen-bond acceptors (Lipinski definition) is 6. The molecule has 1 amide bonds. The smallest absolute Gasteiger partial charge is 0.242 e. The molecular formula is C17H18N6OS. The van der Waals surface area contributed by atoms with Crippen LogP contribution in [0.1, 0.15) is 25.7 Å². The summed E-state index contributed by atoms with van der Waals surface area (Å²) in [6, 6.07) is 6.11. The van der Waals surface area contributed by atoms with Crippen molar-refractivity contribution in [2.75, 3.05) is 11.4 Å². The van der Waals surface area contributed by atoms with E-state index in [-0.39, 0.29) is 11.9 Å². The van der Waals surface area contributed by atoms with E-state index in [2.05, 4.69) is 20.4 Å². The highest BCUT2D eigenvalue weighted by molar-refractivity contribution is 7.08. The van der Waals surface area contributed by atoms with E-state index in [1.165, 1.54) is 0 Å². The maximum absolute atomic E-state index is 12.5. The molecule has 1 atom stereocenters. The van der Waals surface area contributed by atoms with Crippen LogP contribution in [-0.2, 0) is 4.79 Å². The third-order valence-electron chi connectivity index (χ3n) is 4.80. The Labute approximate surface area is 148 Å². The van der Waals surface area contributed by atoms with Gasteiger partial charge in [-0.1, -0.05) is 0 Å². The third kappa shape index (κ3) is 2.66. The van der Waals surface area contributed by atoms with Crippen molar-refractivity contribution in [1.82, 2.24) is 25.1 Å². The van der Waals surface area contributed by atoms with Crippen LogP contribution in [-0.4, -0.2) is 44.3 Å². The molecule has 1 unspecified atom stereocenters. The van der Waals surface area contributed by atoms with Crippen molar-refractivity contribution in [3.63, 3.8) is 0 Å². The molecule has 128 valence electrons. The van der Waals surface area contributed by atoms with E-state index in [1.54, 1.807) is 15.9 Å². The molecular weight excluding hydrogens is 336 g/mol. The first-order valence-corrected chi connectivity index (χ1v) is 9.56. The molecule has 1 aliphatic heterocycles. The molecule has 0 bridgehead atoms. The number of fused-ring (bicyclic) bond motifs is 1. The molecule has 2 fully saturated rings. The predicted octanol–water partition coefficient (Wildman–Crippen LogP) is 2.10. The molecule has 8 heteroatoms. The first kappa shape index (κ1) is 14.8. The van der Waals surface area contributed by atoms with Crippen molar-refractivity contribution in [3.05, 3.63) is 29.0 Å². The summed E-state index contributed by atoms with van der Waals surface area (Å²) in [6.07, 6.45) is 4.08. The highest BCUT2D eigenvalue weighted by atomic mass is 32.1. The summed E-state index contributed by atoms with van der Waals surface area (Å²) >= 11 is 1.62. The minimum atomic E-state index is -0.133. The highest BCUT2D eigenvalue weighted by Gasteiger charge is 2.35. The molecule has 25 heavy (non-hydrogen) atoms. The zero-order chi connectivity index (χ0) is 16.8. The topological polar surface area (TPSA) is 75.4 Å². The summed E-state index contributed by atoms with van der Waals surface area (Å²) in [7, 11) is 0. The zero-order valence-corrected chi connectivity index (χ0v) is 14.4. The van der Waals surface area contributed by atoms with Crippen LogP contribution in [0.2, 0.25) is 0 Å². The summed E-state index contributed by atoms with van der Waals surface area (Å²) < 4.78 is 1.77. The number of rotatable bonds is 4. The van der Waals surface area contributed by atoms with Crippen LogP contribution in [0.3, 0.4) is 0 Å². The van der Waals surface area contributed by atoms with Crippen molar-refractivity contribution < 1.29 is 4.79 Å². The SMILES string of the molecule is O=C(NC1CC1)C1CCCN1c1ccc2nnc(-c3ccsc3)n2n1. The van der Waals surface area contributed by atoms with Gasteiger partial charge in [-0.05, 0) is 49.3 Å². The van der Waals surface area contributed by atoms with Gasteiger partial charge in [0.2, 0.25) is 5.91 Å². The van der Waals surface area contributed by atoms with Crippen LogP contribution in [0.4, 0.5) is 5.82 Å². The largest absolute Gasteiger partial charge is 0.352 e. The van der Waals surface area contributed by atoms with Crippen LogP contribution in [0, 0.1) is 0 Å². The fourth-order valence-corrected chi connectivity index (χ4v) is 3.98. The second-order valence-corrected chi connectivity index (χ2v) is 7.41. The molecule has 1 N–H and O–H groups in total. The second kappa shape index (κ2) is 5.80. The Morgan fingerprint density at radius 3 is 2.92 bits per heavy atom. The van der Waals surface area contributed by atoms with Gasteiger partial charge in [-0.25, -0.2) is 0 Å². The van der Waals surface area contributed by atoms with E-state index < -0.39 is 0 Å². The van der Waals surface area contributed by atoms with Crippen molar-refractivity contribution in [3.8, 4) is 11.4 Å². The number of nitrogens with zero attached hydrogens (tertiary/aromatic N) is 5. The first-order chi connectivity index (χ1) is 12.3. The predicted molar refractivity (Wildman–Crippen MR) is 95.6 cm³/mol. The Balaban J connectivity index is 1.49. The minimum Gasteiger partial charge on any atom is -0.352 e. The summed E-state index contributed by atoms with van der Waals surface area (Å²) in [4.78, 5) is 14.6. The average molecular weight is 354 g/mol. The maximum Gasteiger partial charge on any atom is 0.242 e. The van der Waals surface area contributed by atoms with Gasteiger partial charge in [-0.2, -0.15) is 15.9 Å². The Hall–Kier alpha value is -2.48. The van der Waals surface area contributed by atoms with Gasteiger partial charge < -0.3 is 10.2 Å². The number of nitrogens with one attached hydrogen (secondary N) is 1. The van der Waals surface area contributed by atoms with Crippen LogP contribution in [0.5, 0.6) is 0 Å². The number of hydrogen-bond donors (Lipinski definition) is 1. The zero-order valence-electron chi connectivity index (χ0n) is 13.6. The quantitative estimate of drug-likeness (QED) is 0.776. The fraction of sp³-hybridized carbons (Fsp3) is 0.412. The van der Waals surface area contributed by atoms with Crippen molar-refractivity contribution in [1.29, 1.82) is 0 Å². The van der Waals surface area contributed by atoms with Crippen LogP contribution < -0.4 is 10.2 Å². The van der Waals surface area contributed by atoms with Crippen molar-refractivity contribution in [2.45, 2.75) is 37.8 Å². The lowest BCUT2D eigenvalue weighted by Crippen LogP contribution is -2.44. The van der Waals surface area contributed by atoms with E-state index >= 15 is 0 Å². The molecule has 3 aromatic heterocycles. The molecule has 1 aliphatic carbocycles. The summed E-state index contributed by atoms with van der Waals surface area (Å²) in [6.45, 7) is 0.844. The summed E-state index contributed by atoms with van der Waals surface area (Å²) in [5.41, 5.74) is 1.72. The Morgan fingerprint density at radius 1 is 1.20 bits per heavy atom. The molecule has 0 aromatic carbocycles. The van der Waals surface area contributed by atoms with Gasteiger partial charge in [0.15, 0.2) is 11.5 Å². The van der Waals surface area contributed by atoms with E-state index in [4.69, 9.17) is 5.10 Å². The Kier molecular flexibility index (Phi) is 3.44. The molecule has 1 saturated heterocycles. The average Bonchev–Trinajstić information content (AvgIpc) is 3.08. The molecule has 2 aliphatic rings. The van der Waals surface area contributed by atoms with Gasteiger partial charge >= 0.3 is 0 Å².